The molecule has 0 saturated carbocycles. The average Bonchev–Trinajstić information content (AvgIpc) is 2.45. The molecule has 1 heterocycles. The maximum Gasteiger partial charge on any atom is 0.202 e. The first-order valence-corrected chi connectivity index (χ1v) is 3.60. The number of nitrogens with two attached hydrogens (primary N) is 1. The van der Waals surface area contributed by atoms with Gasteiger partial charge in [0.05, 0.1) is 11.4 Å². The van der Waals surface area contributed by atoms with Crippen molar-refractivity contribution >= 4 is 12.1 Å². The Morgan fingerprint density at radius 2 is 2.33 bits per heavy atom. The van der Waals surface area contributed by atoms with E-state index in [1.165, 1.54) is 12.4 Å². The van der Waals surface area contributed by atoms with Gasteiger partial charge in [0, 0.05) is 5.57 Å². The molecule has 0 radical (unpaired) electrons. The van der Waals surface area contributed by atoms with Crippen LogP contribution in [0.4, 0.5) is 4.39 Å². The third kappa shape index (κ3) is 0.848. The summed E-state index contributed by atoms with van der Waals surface area (Å²) in [6.07, 6.45) is 4.24. The Morgan fingerprint density at radius 1 is 1.58 bits per heavy atom. The summed E-state index contributed by atoms with van der Waals surface area (Å²) >= 11 is 0. The number of halogens is 1. The number of aliphatic imine (C=N–C) groups is 2. The van der Waals surface area contributed by atoms with E-state index in [-0.39, 0.29) is 0 Å². The van der Waals surface area contributed by atoms with Gasteiger partial charge in [-0.15, -0.1) is 0 Å². The molecule has 1 aliphatic carbocycles. The largest absolute Gasteiger partial charge is 0.292 e. The normalized spacial score (nSPS) is 32.4. The van der Waals surface area contributed by atoms with Gasteiger partial charge in [-0.2, -0.15) is 0 Å². The van der Waals surface area contributed by atoms with Gasteiger partial charge < -0.3 is 0 Å². The number of nitrogens with zero attached hydrogens (tertiary/aromatic N) is 2. The lowest BCUT2D eigenvalue weighted by atomic mass is 9.96. The molecule has 2 aliphatic rings. The fourth-order valence-corrected chi connectivity index (χ4v) is 1.19. The molecule has 2 rings (SSSR count). The number of rotatable bonds is 0. The Kier molecular flexibility index (Phi) is 1.29. The number of hydrogen-bond acceptors (Lipinski definition) is 3. The lowest BCUT2D eigenvalue weighted by Crippen LogP contribution is -2.36. The van der Waals surface area contributed by atoms with Gasteiger partial charge in [-0.3, -0.25) is 5.73 Å². The summed E-state index contributed by atoms with van der Waals surface area (Å²) in [4.78, 5) is 7.85. The van der Waals surface area contributed by atoms with Gasteiger partial charge in [-0.25, -0.2) is 14.4 Å². The first-order valence-electron chi connectivity index (χ1n) is 3.60. The maximum atomic E-state index is 13.4. The van der Waals surface area contributed by atoms with Crippen molar-refractivity contribution in [1.82, 2.24) is 0 Å². The monoisotopic (exact) mass is 165 g/mol. The van der Waals surface area contributed by atoms with Crippen LogP contribution in [0, 0.1) is 0 Å². The van der Waals surface area contributed by atoms with E-state index >= 15 is 0 Å². The van der Waals surface area contributed by atoms with Gasteiger partial charge in [-0.1, -0.05) is 0 Å². The van der Waals surface area contributed by atoms with Crippen molar-refractivity contribution in [2.24, 2.45) is 15.7 Å². The molecule has 0 aromatic carbocycles. The maximum absolute atomic E-state index is 13.4. The zero-order valence-electron chi connectivity index (χ0n) is 6.58. The van der Waals surface area contributed by atoms with Crippen LogP contribution in [-0.2, 0) is 0 Å². The fourth-order valence-electron chi connectivity index (χ4n) is 1.19. The molecule has 0 spiro atoms. The Labute approximate surface area is 69.2 Å². The summed E-state index contributed by atoms with van der Waals surface area (Å²) in [7, 11) is 0. The predicted molar refractivity (Wildman–Crippen MR) is 45.8 cm³/mol. The van der Waals surface area contributed by atoms with Crippen LogP contribution in [0.3, 0.4) is 0 Å². The quantitative estimate of drug-likeness (QED) is 0.533. The Morgan fingerprint density at radius 3 is 3.08 bits per heavy atom. The minimum Gasteiger partial charge on any atom is -0.292 e. The highest BCUT2D eigenvalue weighted by Crippen LogP contribution is 2.28. The lowest BCUT2D eigenvalue weighted by Gasteiger charge is -2.21. The third-order valence-electron chi connectivity index (χ3n) is 2.04. The summed E-state index contributed by atoms with van der Waals surface area (Å²) in [5, 5.41) is 0. The molecular formula is C8H8FN3. The smallest absolute Gasteiger partial charge is 0.202 e. The van der Waals surface area contributed by atoms with E-state index < -0.39 is 5.79 Å². The van der Waals surface area contributed by atoms with Crippen molar-refractivity contribution < 1.29 is 4.39 Å². The second-order valence-electron chi connectivity index (χ2n) is 2.83. The van der Waals surface area contributed by atoms with Gasteiger partial charge in [0.2, 0.25) is 5.79 Å². The molecule has 1 aliphatic heterocycles. The number of allylic oxidation sites excluding steroid dienone is 1. The van der Waals surface area contributed by atoms with Crippen molar-refractivity contribution in [3.63, 3.8) is 0 Å². The Hall–Kier alpha value is -1.29. The van der Waals surface area contributed by atoms with Gasteiger partial charge in [0.1, 0.15) is 6.34 Å². The second kappa shape index (κ2) is 2.10. The first-order chi connectivity index (χ1) is 5.61. The summed E-state index contributed by atoms with van der Waals surface area (Å²) in [5.74, 6) is -1.87. The van der Waals surface area contributed by atoms with E-state index in [1.54, 1.807) is 13.0 Å². The zero-order chi connectivity index (χ0) is 8.77. The molecule has 0 aromatic rings. The van der Waals surface area contributed by atoms with Crippen LogP contribution in [0.2, 0.25) is 0 Å². The summed E-state index contributed by atoms with van der Waals surface area (Å²) in [5.41, 5.74) is 7.00. The predicted octanol–water partition coefficient (Wildman–Crippen LogP) is 0.938. The fraction of sp³-hybridized carbons (Fsp3) is 0.250. The summed E-state index contributed by atoms with van der Waals surface area (Å²) < 4.78 is 13.4. The topological polar surface area (TPSA) is 50.7 Å². The average molecular weight is 165 g/mol. The van der Waals surface area contributed by atoms with Gasteiger partial charge in [0.15, 0.2) is 0 Å². The molecule has 0 bridgehead atoms. The van der Waals surface area contributed by atoms with Crippen LogP contribution in [0.15, 0.2) is 33.4 Å². The number of fused-ring (bicyclic) bond motifs is 1. The van der Waals surface area contributed by atoms with E-state index in [2.05, 4.69) is 9.98 Å². The third-order valence-corrected chi connectivity index (χ3v) is 2.04. The van der Waals surface area contributed by atoms with E-state index in [4.69, 9.17) is 5.73 Å². The van der Waals surface area contributed by atoms with Crippen molar-refractivity contribution in [2.75, 3.05) is 0 Å². The van der Waals surface area contributed by atoms with E-state index in [0.29, 0.717) is 17.0 Å². The summed E-state index contributed by atoms with van der Waals surface area (Å²) in [6.45, 7) is 1.62. The van der Waals surface area contributed by atoms with Crippen molar-refractivity contribution in [3.8, 4) is 0 Å². The molecule has 2 N–H and O–H groups in total. The highest BCUT2D eigenvalue weighted by Gasteiger charge is 2.31. The molecule has 62 valence electrons. The van der Waals surface area contributed by atoms with Gasteiger partial charge in [0.25, 0.3) is 0 Å². The van der Waals surface area contributed by atoms with Crippen LogP contribution in [0.1, 0.15) is 6.92 Å². The molecule has 0 saturated heterocycles. The molecular weight excluding hydrogens is 157 g/mol. The lowest BCUT2D eigenvalue weighted by molar-refractivity contribution is 0.288. The minimum absolute atomic E-state index is 0.414. The molecule has 0 fully saturated rings. The SMILES string of the molecule is CC1=C2N=CN=C2C=CC1(N)F. The zero-order valence-corrected chi connectivity index (χ0v) is 6.58. The molecule has 0 aromatic heterocycles. The van der Waals surface area contributed by atoms with E-state index in [9.17, 15) is 4.39 Å². The summed E-state index contributed by atoms with van der Waals surface area (Å²) in [6, 6.07) is 0. The highest BCUT2D eigenvalue weighted by atomic mass is 19.1. The van der Waals surface area contributed by atoms with Crippen LogP contribution in [0.25, 0.3) is 0 Å². The Balaban J connectivity index is 2.57. The van der Waals surface area contributed by atoms with E-state index in [0.717, 1.165) is 0 Å². The minimum atomic E-state index is -1.87. The van der Waals surface area contributed by atoms with Crippen molar-refractivity contribution in [2.45, 2.75) is 12.7 Å². The van der Waals surface area contributed by atoms with Crippen LogP contribution >= 0.6 is 0 Å². The first kappa shape index (κ1) is 7.36. The van der Waals surface area contributed by atoms with Crippen LogP contribution in [0.5, 0.6) is 0 Å². The van der Waals surface area contributed by atoms with Crippen LogP contribution < -0.4 is 5.73 Å². The van der Waals surface area contributed by atoms with Gasteiger partial charge in [-0.05, 0) is 19.1 Å². The van der Waals surface area contributed by atoms with Crippen LogP contribution in [-0.4, -0.2) is 17.8 Å². The Bertz CT molecular complexity index is 347. The van der Waals surface area contributed by atoms with Crippen molar-refractivity contribution in [1.29, 1.82) is 0 Å². The van der Waals surface area contributed by atoms with Crippen molar-refractivity contribution in [3.05, 3.63) is 23.4 Å². The van der Waals surface area contributed by atoms with E-state index in [1.807, 2.05) is 0 Å². The number of hydrogen-bond donors (Lipinski definition) is 1. The molecule has 0 amide bonds. The number of alkyl halides is 1. The molecule has 1 unspecified atom stereocenters. The molecule has 4 heteroatoms. The molecule has 1 atom stereocenters. The molecule has 3 nitrogen and oxygen atoms in total. The van der Waals surface area contributed by atoms with Gasteiger partial charge >= 0.3 is 0 Å². The highest BCUT2D eigenvalue weighted by molar-refractivity contribution is 6.15. The molecule has 12 heavy (non-hydrogen) atoms. The standard InChI is InChI=1S/C8H8FN3/c1-5-7-6(11-4-12-7)2-3-8(5,9)10/h2-4H,10H2,1H3. The second-order valence-corrected chi connectivity index (χ2v) is 2.83.